The van der Waals surface area contributed by atoms with Crippen LogP contribution in [0.1, 0.15) is 23.3 Å². The van der Waals surface area contributed by atoms with Crippen LogP contribution in [-0.2, 0) is 0 Å². The van der Waals surface area contributed by atoms with Gasteiger partial charge in [-0.25, -0.2) is 0 Å². The molecule has 0 N–H and O–H groups in total. The van der Waals surface area contributed by atoms with E-state index in [0.717, 1.165) is 0 Å². The van der Waals surface area contributed by atoms with Crippen molar-refractivity contribution in [1.82, 2.24) is 0 Å². The van der Waals surface area contributed by atoms with E-state index in [-0.39, 0.29) is 5.25 Å². The van der Waals surface area contributed by atoms with E-state index in [9.17, 15) is 0 Å². The molecule has 0 bridgehead atoms. The first-order valence-electron chi connectivity index (χ1n) is 3.65. The van der Waals surface area contributed by atoms with Crippen molar-refractivity contribution in [2.45, 2.75) is 12.2 Å². The van der Waals surface area contributed by atoms with Crippen molar-refractivity contribution in [3.8, 4) is 0 Å². The number of thiol groups is 1. The van der Waals surface area contributed by atoms with Crippen LogP contribution in [0.5, 0.6) is 0 Å². The summed E-state index contributed by atoms with van der Waals surface area (Å²) in [7, 11) is 0. The summed E-state index contributed by atoms with van der Waals surface area (Å²) in [6.45, 7) is 5.80. The van der Waals surface area contributed by atoms with Crippen LogP contribution < -0.4 is 0 Å². The first-order chi connectivity index (χ1) is 5.25. The molecule has 0 heterocycles. The van der Waals surface area contributed by atoms with Gasteiger partial charge >= 0.3 is 0 Å². The lowest BCUT2D eigenvalue weighted by atomic mass is 10.1. The quantitative estimate of drug-likeness (QED) is 0.637. The summed E-state index contributed by atoms with van der Waals surface area (Å²) in [5.74, 6) is 0. The predicted molar refractivity (Wildman–Crippen MR) is 53.9 cm³/mol. The van der Waals surface area contributed by atoms with Crippen LogP contribution >= 0.6 is 12.6 Å². The molecular formula is C10H12S. The lowest BCUT2D eigenvalue weighted by molar-refractivity contribution is 1.11. The fourth-order valence-corrected chi connectivity index (χ4v) is 1.31. The van der Waals surface area contributed by atoms with E-state index in [1.165, 1.54) is 11.1 Å². The Morgan fingerprint density at radius 3 is 2.55 bits per heavy atom. The molecule has 0 amide bonds. The van der Waals surface area contributed by atoms with Gasteiger partial charge in [0.05, 0.1) is 0 Å². The average Bonchev–Trinajstić information content (AvgIpc) is 2.04. The Bertz CT molecular complexity index is 251. The maximum atomic E-state index is 4.36. The summed E-state index contributed by atoms with van der Waals surface area (Å²) in [6.07, 6.45) is 1.86. The van der Waals surface area contributed by atoms with Crippen molar-refractivity contribution in [2.75, 3.05) is 0 Å². The topological polar surface area (TPSA) is 0 Å². The molecule has 0 saturated carbocycles. The van der Waals surface area contributed by atoms with Crippen molar-refractivity contribution in [3.05, 3.63) is 42.0 Å². The third kappa shape index (κ3) is 1.87. The molecule has 0 aliphatic rings. The number of hydrogen-bond donors (Lipinski definition) is 1. The standard InChI is InChI=1S/C10H12S/c1-3-9-6-4-5-7-10(9)8(2)11/h3-8,11H,1H2,2H3. The molecule has 0 saturated heterocycles. The Hall–Kier alpha value is -0.690. The summed E-state index contributed by atoms with van der Waals surface area (Å²) in [5, 5.41) is 0.282. The Balaban J connectivity index is 3.12. The van der Waals surface area contributed by atoms with Crippen molar-refractivity contribution in [2.24, 2.45) is 0 Å². The van der Waals surface area contributed by atoms with Crippen LogP contribution in [0.2, 0.25) is 0 Å². The van der Waals surface area contributed by atoms with Gasteiger partial charge in [0, 0.05) is 5.25 Å². The minimum atomic E-state index is 0.282. The minimum Gasteiger partial charge on any atom is -0.171 e. The molecule has 0 aliphatic carbocycles. The zero-order valence-electron chi connectivity index (χ0n) is 6.62. The molecule has 58 valence electrons. The lowest BCUT2D eigenvalue weighted by Gasteiger charge is -2.07. The minimum absolute atomic E-state index is 0.282. The maximum Gasteiger partial charge on any atom is 0.0244 e. The molecule has 1 aromatic carbocycles. The predicted octanol–water partition coefficient (Wildman–Crippen LogP) is 3.32. The monoisotopic (exact) mass is 164 g/mol. The third-order valence-corrected chi connectivity index (χ3v) is 1.94. The summed E-state index contributed by atoms with van der Waals surface area (Å²) in [4.78, 5) is 0. The highest BCUT2D eigenvalue weighted by Gasteiger charge is 2.01. The summed E-state index contributed by atoms with van der Waals surface area (Å²) in [6, 6.07) is 8.16. The van der Waals surface area contributed by atoms with E-state index in [1.807, 2.05) is 18.2 Å². The Labute approximate surface area is 73.4 Å². The fraction of sp³-hybridized carbons (Fsp3) is 0.200. The smallest absolute Gasteiger partial charge is 0.0244 e. The molecule has 1 heteroatoms. The molecule has 1 aromatic rings. The summed E-state index contributed by atoms with van der Waals surface area (Å²) in [5.41, 5.74) is 2.42. The molecule has 0 fully saturated rings. The van der Waals surface area contributed by atoms with Crippen LogP contribution in [0, 0.1) is 0 Å². The zero-order valence-corrected chi connectivity index (χ0v) is 7.51. The molecular weight excluding hydrogens is 152 g/mol. The Kier molecular flexibility index (Phi) is 2.77. The SMILES string of the molecule is C=Cc1ccccc1C(C)S. The first-order valence-corrected chi connectivity index (χ1v) is 4.16. The van der Waals surface area contributed by atoms with Gasteiger partial charge in [0.15, 0.2) is 0 Å². The highest BCUT2D eigenvalue weighted by atomic mass is 32.1. The Morgan fingerprint density at radius 2 is 2.09 bits per heavy atom. The van der Waals surface area contributed by atoms with E-state index < -0.39 is 0 Å². The van der Waals surface area contributed by atoms with E-state index in [4.69, 9.17) is 0 Å². The first kappa shape index (κ1) is 8.41. The number of hydrogen-bond acceptors (Lipinski definition) is 1. The summed E-state index contributed by atoms with van der Waals surface area (Å²) < 4.78 is 0. The van der Waals surface area contributed by atoms with Crippen molar-refractivity contribution >= 4 is 18.7 Å². The molecule has 1 atom stereocenters. The second-order valence-corrected chi connectivity index (χ2v) is 3.28. The van der Waals surface area contributed by atoms with Crippen LogP contribution in [0.3, 0.4) is 0 Å². The number of benzene rings is 1. The highest BCUT2D eigenvalue weighted by Crippen LogP contribution is 2.22. The van der Waals surface area contributed by atoms with Gasteiger partial charge in [0.1, 0.15) is 0 Å². The lowest BCUT2D eigenvalue weighted by Crippen LogP contribution is -1.87. The molecule has 0 aromatic heterocycles. The summed E-state index contributed by atoms with van der Waals surface area (Å²) >= 11 is 4.36. The van der Waals surface area contributed by atoms with Crippen molar-refractivity contribution in [3.63, 3.8) is 0 Å². The van der Waals surface area contributed by atoms with Crippen LogP contribution in [0.25, 0.3) is 6.08 Å². The normalized spacial score (nSPS) is 12.5. The van der Waals surface area contributed by atoms with Gasteiger partial charge in [-0.1, -0.05) is 36.9 Å². The second kappa shape index (κ2) is 3.63. The van der Waals surface area contributed by atoms with Crippen molar-refractivity contribution in [1.29, 1.82) is 0 Å². The van der Waals surface area contributed by atoms with E-state index >= 15 is 0 Å². The Morgan fingerprint density at radius 1 is 1.45 bits per heavy atom. The molecule has 1 unspecified atom stereocenters. The van der Waals surface area contributed by atoms with Gasteiger partial charge in [0.2, 0.25) is 0 Å². The fourth-order valence-electron chi connectivity index (χ4n) is 1.08. The molecule has 1 rings (SSSR count). The van der Waals surface area contributed by atoms with Crippen LogP contribution in [0.4, 0.5) is 0 Å². The number of rotatable bonds is 2. The molecule has 0 spiro atoms. The van der Waals surface area contributed by atoms with Crippen LogP contribution in [-0.4, -0.2) is 0 Å². The van der Waals surface area contributed by atoms with Gasteiger partial charge < -0.3 is 0 Å². The maximum absolute atomic E-state index is 4.36. The van der Waals surface area contributed by atoms with Gasteiger partial charge in [-0.2, -0.15) is 12.6 Å². The van der Waals surface area contributed by atoms with E-state index in [1.54, 1.807) is 0 Å². The van der Waals surface area contributed by atoms with Gasteiger partial charge in [-0.3, -0.25) is 0 Å². The molecule has 0 nitrogen and oxygen atoms in total. The van der Waals surface area contributed by atoms with E-state index in [2.05, 4.69) is 38.3 Å². The largest absolute Gasteiger partial charge is 0.171 e. The van der Waals surface area contributed by atoms with Gasteiger partial charge in [0.25, 0.3) is 0 Å². The highest BCUT2D eigenvalue weighted by molar-refractivity contribution is 7.80. The molecule has 11 heavy (non-hydrogen) atoms. The zero-order chi connectivity index (χ0) is 8.27. The van der Waals surface area contributed by atoms with Crippen molar-refractivity contribution < 1.29 is 0 Å². The second-order valence-electron chi connectivity index (χ2n) is 2.51. The van der Waals surface area contributed by atoms with Crippen LogP contribution in [0.15, 0.2) is 30.8 Å². The molecule has 0 radical (unpaired) electrons. The third-order valence-electron chi connectivity index (χ3n) is 1.67. The average molecular weight is 164 g/mol. The molecule has 0 aliphatic heterocycles. The van der Waals surface area contributed by atoms with Gasteiger partial charge in [-0.15, -0.1) is 0 Å². The van der Waals surface area contributed by atoms with E-state index in [0.29, 0.717) is 0 Å². The van der Waals surface area contributed by atoms with Gasteiger partial charge in [-0.05, 0) is 18.1 Å².